The van der Waals surface area contributed by atoms with E-state index in [1.807, 2.05) is 30.3 Å². The molecule has 0 bridgehead atoms. The van der Waals surface area contributed by atoms with Gasteiger partial charge in [-0.1, -0.05) is 37.3 Å². The van der Waals surface area contributed by atoms with Crippen molar-refractivity contribution in [2.75, 3.05) is 0 Å². The lowest BCUT2D eigenvalue weighted by molar-refractivity contribution is -0.121. The molecule has 2 heterocycles. The van der Waals surface area contributed by atoms with E-state index in [0.29, 0.717) is 29.1 Å². The van der Waals surface area contributed by atoms with Crippen molar-refractivity contribution in [1.29, 1.82) is 0 Å². The van der Waals surface area contributed by atoms with E-state index in [0.717, 1.165) is 16.9 Å². The van der Waals surface area contributed by atoms with Crippen LogP contribution in [0.25, 0.3) is 10.2 Å². The number of primary amides is 1. The van der Waals surface area contributed by atoms with Crippen LogP contribution < -0.4 is 11.3 Å². The molecule has 0 saturated carbocycles. The smallest absolute Gasteiger partial charge is 0.346 e. The van der Waals surface area contributed by atoms with E-state index in [1.165, 1.54) is 4.57 Å². The molecular formula is C19H19N3O4S. The number of carboxylic acids is 1. The minimum Gasteiger partial charge on any atom is -0.477 e. The SMILES string of the molecule is CCC(C(N)=O)n1c(Cc2ccccc2)nc2sc(C(=O)O)c(C)c2c1=O. The molecule has 0 saturated heterocycles. The molecular weight excluding hydrogens is 366 g/mol. The van der Waals surface area contributed by atoms with Gasteiger partial charge >= 0.3 is 5.97 Å². The summed E-state index contributed by atoms with van der Waals surface area (Å²) in [6, 6.07) is 8.58. The van der Waals surface area contributed by atoms with Crippen molar-refractivity contribution in [2.45, 2.75) is 32.7 Å². The van der Waals surface area contributed by atoms with Crippen molar-refractivity contribution in [3.63, 3.8) is 0 Å². The van der Waals surface area contributed by atoms with E-state index in [4.69, 9.17) is 5.73 Å². The fraction of sp³-hybridized carbons (Fsp3) is 0.263. The number of hydrogen-bond acceptors (Lipinski definition) is 5. The molecule has 0 aliphatic rings. The van der Waals surface area contributed by atoms with Gasteiger partial charge < -0.3 is 10.8 Å². The lowest BCUT2D eigenvalue weighted by atomic mass is 10.1. The number of benzene rings is 1. The van der Waals surface area contributed by atoms with E-state index in [1.54, 1.807) is 13.8 Å². The topological polar surface area (TPSA) is 115 Å². The number of nitrogens with zero attached hydrogens (tertiary/aromatic N) is 2. The number of fused-ring (bicyclic) bond motifs is 1. The molecule has 7 nitrogen and oxygen atoms in total. The summed E-state index contributed by atoms with van der Waals surface area (Å²) in [4.78, 5) is 41.6. The molecule has 2 aromatic heterocycles. The van der Waals surface area contributed by atoms with Crippen molar-refractivity contribution < 1.29 is 14.7 Å². The Hall–Kier alpha value is -3.00. The molecule has 3 N–H and O–H groups in total. The second kappa shape index (κ2) is 7.32. The van der Waals surface area contributed by atoms with Crippen LogP contribution in [-0.2, 0) is 11.2 Å². The standard InChI is InChI=1S/C19H19N3O4S/c1-3-12(16(20)23)22-13(9-11-7-5-4-6-8-11)21-17-14(18(22)24)10(2)15(27-17)19(25)26/h4-8,12H,3,9H2,1-2H3,(H2,20,23)(H,25,26). The lowest BCUT2D eigenvalue weighted by Crippen LogP contribution is -2.36. The van der Waals surface area contributed by atoms with Crippen molar-refractivity contribution in [3.8, 4) is 0 Å². The number of rotatable bonds is 6. The normalized spacial score (nSPS) is 12.2. The zero-order valence-corrected chi connectivity index (χ0v) is 15.7. The van der Waals surface area contributed by atoms with Crippen LogP contribution in [0, 0.1) is 6.92 Å². The van der Waals surface area contributed by atoms with Gasteiger partial charge in [0.15, 0.2) is 0 Å². The summed E-state index contributed by atoms with van der Waals surface area (Å²) < 4.78 is 1.32. The molecule has 0 fully saturated rings. The second-order valence-corrected chi connectivity index (χ2v) is 7.23. The molecule has 140 valence electrons. The third-order valence-corrected chi connectivity index (χ3v) is 5.67. The molecule has 0 spiro atoms. The number of aryl methyl sites for hydroxylation is 1. The van der Waals surface area contributed by atoms with Crippen LogP contribution in [0.2, 0.25) is 0 Å². The Kier molecular flexibility index (Phi) is 5.09. The molecule has 1 aromatic carbocycles. The van der Waals surface area contributed by atoms with Crippen molar-refractivity contribution in [2.24, 2.45) is 5.73 Å². The van der Waals surface area contributed by atoms with Gasteiger partial charge in [0, 0.05) is 6.42 Å². The summed E-state index contributed by atoms with van der Waals surface area (Å²) in [6.45, 7) is 3.35. The average Bonchev–Trinajstić information content (AvgIpc) is 2.95. The van der Waals surface area contributed by atoms with E-state index in [-0.39, 0.29) is 10.3 Å². The van der Waals surface area contributed by atoms with E-state index in [9.17, 15) is 19.5 Å². The first kappa shape index (κ1) is 18.8. The Morgan fingerprint density at radius 2 is 1.96 bits per heavy atom. The largest absolute Gasteiger partial charge is 0.477 e. The number of thiophene rings is 1. The molecule has 1 amide bonds. The van der Waals surface area contributed by atoms with E-state index < -0.39 is 23.5 Å². The zero-order chi connectivity index (χ0) is 19.7. The first-order valence-corrected chi connectivity index (χ1v) is 9.27. The third-order valence-electron chi connectivity index (χ3n) is 4.50. The fourth-order valence-corrected chi connectivity index (χ4v) is 4.21. The Bertz CT molecular complexity index is 1090. The fourth-order valence-electron chi connectivity index (χ4n) is 3.18. The minimum atomic E-state index is -1.10. The number of carbonyl (C=O) groups excluding carboxylic acids is 1. The molecule has 8 heteroatoms. The first-order chi connectivity index (χ1) is 12.8. The van der Waals surface area contributed by atoms with Crippen LogP contribution in [0.3, 0.4) is 0 Å². The summed E-state index contributed by atoms with van der Waals surface area (Å²) >= 11 is 0.967. The maximum Gasteiger partial charge on any atom is 0.346 e. The summed E-state index contributed by atoms with van der Waals surface area (Å²) in [5.41, 5.74) is 6.38. The second-order valence-electron chi connectivity index (χ2n) is 6.23. The number of aromatic carboxylic acids is 1. The highest BCUT2D eigenvalue weighted by Crippen LogP contribution is 2.28. The highest BCUT2D eigenvalue weighted by molar-refractivity contribution is 7.20. The van der Waals surface area contributed by atoms with Crippen LogP contribution >= 0.6 is 11.3 Å². The quantitative estimate of drug-likeness (QED) is 0.676. The van der Waals surface area contributed by atoms with Gasteiger partial charge in [-0.25, -0.2) is 9.78 Å². The van der Waals surface area contributed by atoms with E-state index in [2.05, 4.69) is 4.98 Å². The Labute approximate surface area is 159 Å². The average molecular weight is 385 g/mol. The number of carboxylic acid groups (broad SMARTS) is 1. The Balaban J connectivity index is 2.32. The van der Waals surface area contributed by atoms with Gasteiger partial charge in [0.25, 0.3) is 5.56 Å². The molecule has 3 rings (SSSR count). The minimum absolute atomic E-state index is 0.0742. The third kappa shape index (κ3) is 3.35. The van der Waals surface area contributed by atoms with Gasteiger partial charge in [-0.15, -0.1) is 11.3 Å². The number of carbonyl (C=O) groups is 2. The lowest BCUT2D eigenvalue weighted by Gasteiger charge is -2.19. The van der Waals surface area contributed by atoms with Gasteiger partial charge in [-0.2, -0.15) is 0 Å². The van der Waals surface area contributed by atoms with Crippen LogP contribution in [-0.4, -0.2) is 26.5 Å². The maximum atomic E-state index is 13.2. The van der Waals surface area contributed by atoms with Crippen molar-refractivity contribution in [1.82, 2.24) is 9.55 Å². The molecule has 1 atom stereocenters. The molecule has 1 unspecified atom stereocenters. The van der Waals surface area contributed by atoms with Gasteiger partial charge in [-0.05, 0) is 24.5 Å². The van der Waals surface area contributed by atoms with Gasteiger partial charge in [-0.3, -0.25) is 14.2 Å². The van der Waals surface area contributed by atoms with Crippen LogP contribution in [0.5, 0.6) is 0 Å². The highest BCUT2D eigenvalue weighted by Gasteiger charge is 2.26. The van der Waals surface area contributed by atoms with Gasteiger partial charge in [0.1, 0.15) is 21.6 Å². The molecule has 3 aromatic rings. The number of nitrogens with two attached hydrogens (primary N) is 1. The number of aromatic nitrogens is 2. The first-order valence-electron chi connectivity index (χ1n) is 8.46. The van der Waals surface area contributed by atoms with Crippen LogP contribution in [0.4, 0.5) is 0 Å². The summed E-state index contributed by atoms with van der Waals surface area (Å²) in [5.74, 6) is -1.34. The monoisotopic (exact) mass is 385 g/mol. The molecule has 0 aliphatic carbocycles. The van der Waals surface area contributed by atoms with E-state index >= 15 is 0 Å². The highest BCUT2D eigenvalue weighted by atomic mass is 32.1. The number of hydrogen-bond donors (Lipinski definition) is 2. The predicted octanol–water partition coefficient (Wildman–Crippen LogP) is 2.49. The van der Waals surface area contributed by atoms with Crippen LogP contribution in [0.15, 0.2) is 35.1 Å². The Morgan fingerprint density at radius 1 is 1.30 bits per heavy atom. The molecule has 0 radical (unpaired) electrons. The van der Waals surface area contributed by atoms with Crippen molar-refractivity contribution >= 4 is 33.4 Å². The maximum absolute atomic E-state index is 13.2. The summed E-state index contributed by atoms with van der Waals surface area (Å²) in [6.07, 6.45) is 0.661. The predicted molar refractivity (Wildman–Crippen MR) is 103 cm³/mol. The van der Waals surface area contributed by atoms with Gasteiger partial charge in [0.2, 0.25) is 5.91 Å². The number of amides is 1. The Morgan fingerprint density at radius 3 is 2.52 bits per heavy atom. The van der Waals surface area contributed by atoms with Crippen molar-refractivity contribution in [3.05, 3.63) is 62.5 Å². The summed E-state index contributed by atoms with van der Waals surface area (Å²) in [5, 5.41) is 9.61. The van der Waals surface area contributed by atoms with Gasteiger partial charge in [0.05, 0.1) is 5.39 Å². The molecule has 27 heavy (non-hydrogen) atoms. The molecule has 0 aliphatic heterocycles. The summed E-state index contributed by atoms with van der Waals surface area (Å²) in [7, 11) is 0. The van der Waals surface area contributed by atoms with Crippen LogP contribution in [0.1, 0.15) is 46.0 Å². The zero-order valence-electron chi connectivity index (χ0n) is 14.9.